The predicted octanol–water partition coefficient (Wildman–Crippen LogP) is 4.96. The van der Waals surface area contributed by atoms with Crippen LogP contribution in [-0.4, -0.2) is 35.3 Å². The second-order valence-electron chi connectivity index (χ2n) is 7.90. The molecule has 0 bridgehead atoms. The topological polar surface area (TPSA) is 49.4 Å². The van der Waals surface area contributed by atoms with Crippen molar-refractivity contribution < 1.29 is 9.59 Å². The van der Waals surface area contributed by atoms with Crippen molar-refractivity contribution in [1.82, 2.24) is 10.2 Å². The second kappa shape index (κ2) is 9.19. The van der Waals surface area contributed by atoms with E-state index in [0.717, 1.165) is 23.1 Å². The number of likely N-dealkylation sites (tertiary alicyclic amines) is 1. The number of benzene rings is 2. The maximum absolute atomic E-state index is 13.3. The zero-order valence-corrected chi connectivity index (χ0v) is 18.5. The van der Waals surface area contributed by atoms with Gasteiger partial charge in [-0.1, -0.05) is 46.5 Å². The fourth-order valence-electron chi connectivity index (χ4n) is 4.13. The Balaban J connectivity index is 1.87. The van der Waals surface area contributed by atoms with Crippen molar-refractivity contribution in [3.8, 4) is 0 Å². The van der Waals surface area contributed by atoms with Gasteiger partial charge in [0.2, 0.25) is 5.91 Å². The summed E-state index contributed by atoms with van der Waals surface area (Å²) in [6.07, 6.45) is 2.11. The number of amides is 2. The largest absolute Gasteiger partial charge is 0.353 e. The maximum atomic E-state index is 13.3. The van der Waals surface area contributed by atoms with E-state index in [2.05, 4.69) is 11.4 Å². The maximum Gasteiger partial charge on any atom is 0.254 e. The summed E-state index contributed by atoms with van der Waals surface area (Å²) >= 11 is 12.2. The van der Waals surface area contributed by atoms with E-state index in [1.807, 2.05) is 43.0 Å². The number of carbonyl (C=O) groups excluding carboxylic acids is 2. The van der Waals surface area contributed by atoms with Gasteiger partial charge >= 0.3 is 0 Å². The molecule has 0 spiro atoms. The molecule has 2 atom stereocenters. The molecule has 2 aromatic carbocycles. The first-order valence-electron chi connectivity index (χ1n) is 9.83. The molecule has 0 aliphatic carbocycles. The highest BCUT2D eigenvalue weighted by atomic mass is 35.5. The van der Waals surface area contributed by atoms with Crippen molar-refractivity contribution in [3.63, 3.8) is 0 Å². The number of nitrogens with zero attached hydrogens (tertiary/aromatic N) is 1. The predicted molar refractivity (Wildman–Crippen MR) is 118 cm³/mol. The number of hydrogen-bond donors (Lipinski definition) is 1. The number of rotatable bonds is 4. The van der Waals surface area contributed by atoms with E-state index in [1.54, 1.807) is 6.07 Å². The minimum atomic E-state index is -0.0441. The molecule has 1 N–H and O–H groups in total. The standard InChI is InChI=1S/C23H26Cl2N2O2/c1-14-8-15(2)10-18(9-14)23(29)27-7-6-19(26-16(3)28)13-20(27)11-17-4-5-21(24)22(25)12-17/h4-5,8-10,12,19-20H,6-7,11,13H2,1-3H3,(H,26,28)/t19-,20+/m0/s1. The van der Waals surface area contributed by atoms with Crippen LogP contribution >= 0.6 is 23.2 Å². The lowest BCUT2D eigenvalue weighted by atomic mass is 9.91. The van der Waals surface area contributed by atoms with Crippen LogP contribution in [0.2, 0.25) is 10.0 Å². The molecule has 2 aromatic rings. The third-order valence-electron chi connectivity index (χ3n) is 5.31. The van der Waals surface area contributed by atoms with E-state index in [1.165, 1.54) is 6.92 Å². The molecule has 1 heterocycles. The number of nitrogens with one attached hydrogen (secondary N) is 1. The summed E-state index contributed by atoms with van der Waals surface area (Å²) in [4.78, 5) is 26.8. The molecular weight excluding hydrogens is 407 g/mol. The van der Waals surface area contributed by atoms with Crippen LogP contribution in [0.25, 0.3) is 0 Å². The van der Waals surface area contributed by atoms with Crippen molar-refractivity contribution in [1.29, 1.82) is 0 Å². The molecule has 154 valence electrons. The number of hydrogen-bond acceptors (Lipinski definition) is 2. The van der Waals surface area contributed by atoms with Crippen molar-refractivity contribution in [2.45, 2.75) is 52.1 Å². The van der Waals surface area contributed by atoms with E-state index >= 15 is 0 Å². The Morgan fingerprint density at radius 1 is 1.07 bits per heavy atom. The van der Waals surface area contributed by atoms with Gasteiger partial charge < -0.3 is 10.2 Å². The van der Waals surface area contributed by atoms with Crippen LogP contribution in [0.1, 0.15) is 46.8 Å². The Labute approximate surface area is 182 Å². The number of aryl methyl sites for hydroxylation is 2. The highest BCUT2D eigenvalue weighted by molar-refractivity contribution is 6.42. The lowest BCUT2D eigenvalue weighted by molar-refractivity contribution is -0.120. The van der Waals surface area contributed by atoms with Gasteiger partial charge in [-0.25, -0.2) is 0 Å². The lowest BCUT2D eigenvalue weighted by Crippen LogP contribution is -2.52. The molecule has 6 heteroatoms. The zero-order chi connectivity index (χ0) is 21.1. The third-order valence-corrected chi connectivity index (χ3v) is 6.05. The van der Waals surface area contributed by atoms with Gasteiger partial charge in [0.15, 0.2) is 0 Å². The van der Waals surface area contributed by atoms with Crippen molar-refractivity contribution in [2.24, 2.45) is 0 Å². The fourth-order valence-corrected chi connectivity index (χ4v) is 4.45. The minimum absolute atomic E-state index is 0.0307. The molecule has 0 saturated carbocycles. The van der Waals surface area contributed by atoms with Crippen molar-refractivity contribution >= 4 is 35.0 Å². The van der Waals surface area contributed by atoms with Crippen LogP contribution < -0.4 is 5.32 Å². The molecule has 2 amide bonds. The first-order chi connectivity index (χ1) is 13.7. The van der Waals surface area contributed by atoms with Crippen LogP contribution in [0.15, 0.2) is 36.4 Å². The van der Waals surface area contributed by atoms with Gasteiger partial charge in [-0.15, -0.1) is 0 Å². The first-order valence-corrected chi connectivity index (χ1v) is 10.6. The summed E-state index contributed by atoms with van der Waals surface area (Å²) < 4.78 is 0. The number of carbonyl (C=O) groups is 2. The van der Waals surface area contributed by atoms with E-state index < -0.39 is 0 Å². The Morgan fingerprint density at radius 3 is 2.38 bits per heavy atom. The third kappa shape index (κ3) is 5.52. The molecule has 1 saturated heterocycles. The van der Waals surface area contributed by atoms with Crippen LogP contribution in [-0.2, 0) is 11.2 Å². The summed E-state index contributed by atoms with van der Waals surface area (Å²) in [5.74, 6) is -0.0134. The van der Waals surface area contributed by atoms with Crippen molar-refractivity contribution in [2.75, 3.05) is 6.54 Å². The summed E-state index contributed by atoms with van der Waals surface area (Å²) in [7, 11) is 0. The average molecular weight is 433 g/mol. The van der Waals surface area contributed by atoms with Gasteiger partial charge in [0.1, 0.15) is 0 Å². The summed E-state index contributed by atoms with van der Waals surface area (Å²) in [6.45, 7) is 6.13. The fraction of sp³-hybridized carbons (Fsp3) is 0.391. The van der Waals surface area contributed by atoms with Crippen LogP contribution in [0.5, 0.6) is 0 Å². The molecule has 1 fully saturated rings. The SMILES string of the molecule is CC(=O)N[C@H]1CCN(C(=O)c2cc(C)cc(C)c2)[C@H](Cc2ccc(Cl)c(Cl)c2)C1. The highest BCUT2D eigenvalue weighted by Crippen LogP contribution is 2.27. The van der Waals surface area contributed by atoms with E-state index in [-0.39, 0.29) is 23.9 Å². The normalized spacial score (nSPS) is 19.1. The van der Waals surface area contributed by atoms with E-state index in [9.17, 15) is 9.59 Å². The van der Waals surface area contributed by atoms with Crippen LogP contribution in [0.4, 0.5) is 0 Å². The van der Waals surface area contributed by atoms with Gasteiger partial charge in [0.25, 0.3) is 5.91 Å². The molecule has 29 heavy (non-hydrogen) atoms. The molecule has 0 unspecified atom stereocenters. The monoisotopic (exact) mass is 432 g/mol. The Morgan fingerprint density at radius 2 is 1.76 bits per heavy atom. The Bertz CT molecular complexity index is 909. The quantitative estimate of drug-likeness (QED) is 0.741. The van der Waals surface area contributed by atoms with Gasteiger partial charge in [0.05, 0.1) is 10.0 Å². The minimum Gasteiger partial charge on any atom is -0.353 e. The van der Waals surface area contributed by atoms with Crippen LogP contribution in [0, 0.1) is 13.8 Å². The molecule has 1 aliphatic heterocycles. The van der Waals surface area contributed by atoms with Gasteiger partial charge in [0, 0.05) is 31.1 Å². The van der Waals surface area contributed by atoms with Gasteiger partial charge in [-0.3, -0.25) is 9.59 Å². The second-order valence-corrected chi connectivity index (χ2v) is 8.72. The van der Waals surface area contributed by atoms with Crippen LogP contribution in [0.3, 0.4) is 0 Å². The van der Waals surface area contributed by atoms with Gasteiger partial charge in [-0.2, -0.15) is 0 Å². The zero-order valence-electron chi connectivity index (χ0n) is 17.0. The number of halogens is 2. The Kier molecular flexibility index (Phi) is 6.86. The summed E-state index contributed by atoms with van der Waals surface area (Å²) in [5.41, 5.74) is 3.87. The number of piperidine rings is 1. The first kappa shape index (κ1) is 21.7. The van der Waals surface area contributed by atoms with Gasteiger partial charge in [-0.05, 0) is 62.9 Å². The Hall–Kier alpha value is -2.04. The molecule has 1 aliphatic rings. The lowest BCUT2D eigenvalue weighted by Gasteiger charge is -2.40. The molecule has 4 nitrogen and oxygen atoms in total. The molecule has 0 radical (unpaired) electrons. The molecule has 0 aromatic heterocycles. The van der Waals surface area contributed by atoms with Crippen molar-refractivity contribution in [3.05, 3.63) is 68.7 Å². The molecule has 3 rings (SSSR count). The summed E-state index contributed by atoms with van der Waals surface area (Å²) in [5, 5.41) is 4.03. The smallest absolute Gasteiger partial charge is 0.254 e. The van der Waals surface area contributed by atoms with E-state index in [0.29, 0.717) is 35.0 Å². The highest BCUT2D eigenvalue weighted by Gasteiger charge is 2.32. The summed E-state index contributed by atoms with van der Waals surface area (Å²) in [6, 6.07) is 11.5. The average Bonchev–Trinajstić information content (AvgIpc) is 2.63. The van der Waals surface area contributed by atoms with E-state index in [4.69, 9.17) is 23.2 Å². The molecular formula is C23H26Cl2N2O2.